The van der Waals surface area contributed by atoms with Crippen molar-refractivity contribution in [1.29, 1.82) is 0 Å². The van der Waals surface area contributed by atoms with Gasteiger partial charge in [0.1, 0.15) is 5.82 Å². The van der Waals surface area contributed by atoms with Gasteiger partial charge in [0.2, 0.25) is 5.91 Å². The van der Waals surface area contributed by atoms with Crippen LogP contribution >= 0.6 is 0 Å². The Bertz CT molecular complexity index is 510. The smallest absolute Gasteiger partial charge is 0.308 e. The predicted octanol–water partition coefficient (Wildman–Crippen LogP) is 1.77. The van der Waals surface area contributed by atoms with Crippen molar-refractivity contribution in [3.8, 4) is 0 Å². The second-order valence-corrected chi connectivity index (χ2v) is 4.49. The maximum atomic E-state index is 12.7. The summed E-state index contributed by atoms with van der Waals surface area (Å²) < 4.78 is 12.7. The zero-order valence-corrected chi connectivity index (χ0v) is 10.3. The number of rotatable bonds is 3. The van der Waals surface area contributed by atoms with Crippen LogP contribution in [0.15, 0.2) is 30.3 Å². The van der Waals surface area contributed by atoms with Gasteiger partial charge in [0, 0.05) is 19.2 Å². The van der Waals surface area contributed by atoms with Crippen LogP contribution in [0.1, 0.15) is 12.0 Å². The molecule has 19 heavy (non-hydrogen) atoms. The summed E-state index contributed by atoms with van der Waals surface area (Å²) >= 11 is 0. The van der Waals surface area contributed by atoms with Crippen molar-refractivity contribution in [2.75, 3.05) is 13.1 Å². The Kier molecular flexibility index (Phi) is 3.94. The van der Waals surface area contributed by atoms with Crippen molar-refractivity contribution in [2.45, 2.75) is 6.42 Å². The summed E-state index contributed by atoms with van der Waals surface area (Å²) in [6, 6.07) is 5.78. The van der Waals surface area contributed by atoms with Gasteiger partial charge in [-0.3, -0.25) is 9.59 Å². The molecule has 1 aliphatic heterocycles. The summed E-state index contributed by atoms with van der Waals surface area (Å²) in [5, 5.41) is 8.86. The normalized spacial score (nSPS) is 19.0. The minimum atomic E-state index is -0.863. The molecule has 1 N–H and O–H groups in total. The van der Waals surface area contributed by atoms with E-state index in [2.05, 4.69) is 0 Å². The van der Waals surface area contributed by atoms with Gasteiger partial charge in [0.15, 0.2) is 0 Å². The molecule has 1 amide bonds. The Labute approximate surface area is 110 Å². The molecule has 0 radical (unpaired) electrons. The van der Waals surface area contributed by atoms with Gasteiger partial charge in [-0.25, -0.2) is 4.39 Å². The van der Waals surface area contributed by atoms with E-state index in [0.29, 0.717) is 13.0 Å². The predicted molar refractivity (Wildman–Crippen MR) is 67.8 cm³/mol. The quantitative estimate of drug-likeness (QED) is 0.845. The number of carbonyl (C=O) groups is 2. The van der Waals surface area contributed by atoms with Gasteiger partial charge in [0.05, 0.1) is 5.92 Å². The van der Waals surface area contributed by atoms with Gasteiger partial charge in [-0.1, -0.05) is 12.1 Å². The van der Waals surface area contributed by atoms with E-state index in [1.54, 1.807) is 18.2 Å². The molecule has 0 aromatic heterocycles. The van der Waals surface area contributed by atoms with Gasteiger partial charge in [0.25, 0.3) is 0 Å². The Morgan fingerprint density at radius 1 is 1.32 bits per heavy atom. The van der Waals surface area contributed by atoms with Crippen LogP contribution in [0.5, 0.6) is 0 Å². The van der Waals surface area contributed by atoms with Crippen LogP contribution in [-0.2, 0) is 9.59 Å². The molecule has 100 valence electrons. The van der Waals surface area contributed by atoms with Crippen molar-refractivity contribution < 1.29 is 19.1 Å². The summed E-state index contributed by atoms with van der Waals surface area (Å²) in [5.74, 6) is -1.87. The first-order chi connectivity index (χ1) is 9.06. The lowest BCUT2D eigenvalue weighted by Crippen LogP contribution is -2.28. The number of hydrogen-bond acceptors (Lipinski definition) is 2. The molecule has 1 atom stereocenters. The van der Waals surface area contributed by atoms with Crippen molar-refractivity contribution in [1.82, 2.24) is 4.90 Å². The molecular weight excluding hydrogens is 249 g/mol. The lowest BCUT2D eigenvalue weighted by Gasteiger charge is -2.12. The Morgan fingerprint density at radius 2 is 2.00 bits per heavy atom. The summed E-state index contributed by atoms with van der Waals surface area (Å²) in [5.41, 5.74) is 0.726. The van der Waals surface area contributed by atoms with Crippen LogP contribution in [-0.4, -0.2) is 35.0 Å². The van der Waals surface area contributed by atoms with Gasteiger partial charge in [-0.15, -0.1) is 0 Å². The molecular formula is C14H14FNO3. The molecule has 0 spiro atoms. The van der Waals surface area contributed by atoms with Gasteiger partial charge in [-0.2, -0.15) is 0 Å². The molecule has 1 unspecified atom stereocenters. The molecule has 1 heterocycles. The lowest BCUT2D eigenvalue weighted by atomic mass is 10.1. The van der Waals surface area contributed by atoms with E-state index in [4.69, 9.17) is 5.11 Å². The average Bonchev–Trinajstić information content (AvgIpc) is 2.87. The van der Waals surface area contributed by atoms with Gasteiger partial charge in [-0.05, 0) is 30.2 Å². The van der Waals surface area contributed by atoms with Gasteiger partial charge >= 0.3 is 5.97 Å². The van der Waals surface area contributed by atoms with Crippen molar-refractivity contribution in [2.24, 2.45) is 5.92 Å². The van der Waals surface area contributed by atoms with Crippen LogP contribution in [0.3, 0.4) is 0 Å². The highest BCUT2D eigenvalue weighted by Crippen LogP contribution is 2.17. The van der Waals surface area contributed by atoms with Crippen LogP contribution in [0.25, 0.3) is 6.08 Å². The topological polar surface area (TPSA) is 57.6 Å². The van der Waals surface area contributed by atoms with Crippen LogP contribution in [0.4, 0.5) is 4.39 Å². The largest absolute Gasteiger partial charge is 0.481 e. The summed E-state index contributed by atoms with van der Waals surface area (Å²) in [6.45, 7) is 0.714. The van der Waals surface area contributed by atoms with E-state index in [-0.39, 0.29) is 18.3 Å². The average molecular weight is 263 g/mol. The highest BCUT2D eigenvalue weighted by Gasteiger charge is 2.29. The van der Waals surface area contributed by atoms with E-state index in [0.717, 1.165) is 5.56 Å². The summed E-state index contributed by atoms with van der Waals surface area (Å²) in [6.07, 6.45) is 3.47. The molecule has 0 saturated carbocycles. The Morgan fingerprint density at radius 3 is 2.58 bits per heavy atom. The Hall–Kier alpha value is -2.17. The number of nitrogens with zero attached hydrogens (tertiary/aromatic N) is 1. The number of amides is 1. The number of likely N-dealkylation sites (tertiary alicyclic amines) is 1. The fourth-order valence-electron chi connectivity index (χ4n) is 2.01. The number of carboxylic acid groups (broad SMARTS) is 1. The molecule has 0 bridgehead atoms. The highest BCUT2D eigenvalue weighted by molar-refractivity contribution is 5.92. The fraction of sp³-hybridized carbons (Fsp3) is 0.286. The first kappa shape index (κ1) is 13.3. The van der Waals surface area contributed by atoms with E-state index in [9.17, 15) is 14.0 Å². The first-order valence-electron chi connectivity index (χ1n) is 6.01. The number of carbonyl (C=O) groups excluding carboxylic acids is 1. The van der Waals surface area contributed by atoms with E-state index < -0.39 is 11.9 Å². The lowest BCUT2D eigenvalue weighted by molar-refractivity contribution is -0.141. The second-order valence-electron chi connectivity index (χ2n) is 4.49. The van der Waals surface area contributed by atoms with Gasteiger partial charge < -0.3 is 10.0 Å². The molecule has 0 aliphatic carbocycles. The Balaban J connectivity index is 1.94. The first-order valence-corrected chi connectivity index (χ1v) is 6.01. The molecule has 1 aromatic carbocycles. The molecule has 1 aliphatic rings. The maximum absolute atomic E-state index is 12.7. The standard InChI is InChI=1S/C14H14FNO3/c15-12-4-1-10(2-5-12)3-6-13(17)16-8-7-11(9-16)14(18)19/h1-6,11H,7-9H2,(H,18,19)/b6-3+. The summed E-state index contributed by atoms with van der Waals surface area (Å²) in [4.78, 5) is 24.1. The SMILES string of the molecule is O=C(O)C1CCN(C(=O)/C=C/c2ccc(F)cc2)C1. The van der Waals surface area contributed by atoms with Crippen LogP contribution < -0.4 is 0 Å². The molecule has 2 rings (SSSR count). The van der Waals surface area contributed by atoms with E-state index >= 15 is 0 Å². The fourth-order valence-corrected chi connectivity index (χ4v) is 2.01. The van der Waals surface area contributed by atoms with Crippen LogP contribution in [0.2, 0.25) is 0 Å². The number of aliphatic carboxylic acids is 1. The van der Waals surface area contributed by atoms with E-state index in [1.165, 1.54) is 23.1 Å². The zero-order chi connectivity index (χ0) is 13.8. The minimum Gasteiger partial charge on any atom is -0.481 e. The molecule has 1 fully saturated rings. The highest BCUT2D eigenvalue weighted by atomic mass is 19.1. The van der Waals surface area contributed by atoms with Crippen molar-refractivity contribution in [3.63, 3.8) is 0 Å². The number of benzene rings is 1. The number of carboxylic acids is 1. The zero-order valence-electron chi connectivity index (χ0n) is 10.3. The molecule has 4 nitrogen and oxygen atoms in total. The monoisotopic (exact) mass is 263 g/mol. The molecule has 1 aromatic rings. The van der Waals surface area contributed by atoms with E-state index in [1.807, 2.05) is 0 Å². The number of halogens is 1. The minimum absolute atomic E-state index is 0.215. The second kappa shape index (κ2) is 5.65. The van der Waals surface area contributed by atoms with Crippen molar-refractivity contribution >= 4 is 18.0 Å². The third-order valence-corrected chi connectivity index (χ3v) is 3.14. The molecule has 1 saturated heterocycles. The maximum Gasteiger partial charge on any atom is 0.308 e. The van der Waals surface area contributed by atoms with Crippen molar-refractivity contribution in [3.05, 3.63) is 41.7 Å². The third-order valence-electron chi connectivity index (χ3n) is 3.14. The molecule has 5 heteroatoms. The van der Waals surface area contributed by atoms with Crippen LogP contribution in [0, 0.1) is 11.7 Å². The third kappa shape index (κ3) is 3.40. The number of hydrogen-bond donors (Lipinski definition) is 1. The summed E-state index contributed by atoms with van der Waals surface area (Å²) in [7, 11) is 0.